The van der Waals surface area contributed by atoms with E-state index < -0.39 is 0 Å². The molecule has 0 aromatic heterocycles. The molecule has 5 heteroatoms. The van der Waals surface area contributed by atoms with Gasteiger partial charge < -0.3 is 16.2 Å². The zero-order valence-corrected chi connectivity index (χ0v) is 11.2. The molecule has 0 saturated carbocycles. The second-order valence-corrected chi connectivity index (χ2v) is 5.05. The summed E-state index contributed by atoms with van der Waals surface area (Å²) in [5.41, 5.74) is 7.03. The number of carbonyl (C=O) groups is 1. The zero-order chi connectivity index (χ0) is 13.8. The molecule has 1 saturated heterocycles. The van der Waals surface area contributed by atoms with E-state index in [-0.39, 0.29) is 18.1 Å². The van der Waals surface area contributed by atoms with Gasteiger partial charge in [0.05, 0.1) is 12.1 Å². The maximum Gasteiger partial charge on any atom is 0.241 e. The van der Waals surface area contributed by atoms with Crippen molar-refractivity contribution in [2.45, 2.75) is 31.9 Å². The van der Waals surface area contributed by atoms with Gasteiger partial charge in [0.2, 0.25) is 5.91 Å². The largest absolute Gasteiger partial charge is 0.399 e. The first-order chi connectivity index (χ1) is 9.06. The molecule has 1 aliphatic rings. The van der Waals surface area contributed by atoms with E-state index in [9.17, 15) is 9.90 Å². The summed E-state index contributed by atoms with van der Waals surface area (Å²) in [6.45, 7) is 3.42. The monoisotopic (exact) mass is 263 g/mol. The number of rotatable bonds is 3. The van der Waals surface area contributed by atoms with Crippen LogP contribution in [0.25, 0.3) is 0 Å². The number of nitrogen functional groups attached to an aromatic ring is 1. The molecule has 0 spiro atoms. The average molecular weight is 263 g/mol. The minimum Gasteiger partial charge on any atom is -0.399 e. The molecule has 1 heterocycles. The van der Waals surface area contributed by atoms with Crippen molar-refractivity contribution >= 4 is 17.3 Å². The molecule has 0 aliphatic carbocycles. The Hall–Kier alpha value is -1.59. The predicted molar refractivity (Wildman–Crippen MR) is 75.8 cm³/mol. The van der Waals surface area contributed by atoms with Crippen LogP contribution in [-0.4, -0.2) is 41.1 Å². The van der Waals surface area contributed by atoms with Gasteiger partial charge in [0.1, 0.15) is 0 Å². The fraction of sp³-hybridized carbons (Fsp3) is 0.500. The number of nitrogens with one attached hydrogen (secondary N) is 1. The van der Waals surface area contributed by atoms with Crippen molar-refractivity contribution in [1.82, 2.24) is 4.90 Å². The molecule has 1 unspecified atom stereocenters. The Labute approximate surface area is 113 Å². The Morgan fingerprint density at radius 3 is 2.53 bits per heavy atom. The second kappa shape index (κ2) is 6.04. The fourth-order valence-corrected chi connectivity index (χ4v) is 2.25. The van der Waals surface area contributed by atoms with Crippen molar-refractivity contribution in [3.63, 3.8) is 0 Å². The first-order valence-electron chi connectivity index (χ1n) is 6.65. The topological polar surface area (TPSA) is 78.6 Å². The first kappa shape index (κ1) is 13.8. The van der Waals surface area contributed by atoms with Gasteiger partial charge in [0.15, 0.2) is 0 Å². The molecule has 1 aromatic carbocycles. The van der Waals surface area contributed by atoms with Crippen LogP contribution >= 0.6 is 0 Å². The Kier molecular flexibility index (Phi) is 4.39. The molecule has 19 heavy (non-hydrogen) atoms. The van der Waals surface area contributed by atoms with Crippen LogP contribution in [0.1, 0.15) is 19.8 Å². The number of piperidine rings is 1. The van der Waals surface area contributed by atoms with Crippen LogP contribution in [0.2, 0.25) is 0 Å². The quantitative estimate of drug-likeness (QED) is 0.712. The number of aliphatic hydroxyl groups excluding tert-OH is 1. The van der Waals surface area contributed by atoms with Crippen molar-refractivity contribution in [2.24, 2.45) is 0 Å². The number of carbonyl (C=O) groups excluding carboxylic acids is 1. The van der Waals surface area contributed by atoms with Gasteiger partial charge in [-0.05, 0) is 44.0 Å². The van der Waals surface area contributed by atoms with Crippen molar-refractivity contribution in [3.8, 4) is 0 Å². The molecule has 1 aromatic rings. The summed E-state index contributed by atoms with van der Waals surface area (Å²) >= 11 is 0. The SMILES string of the molecule is CC(C(=O)Nc1ccc(N)cc1)N1CCC(O)CC1. The lowest BCUT2D eigenvalue weighted by molar-refractivity contribution is -0.121. The van der Waals surface area contributed by atoms with Gasteiger partial charge in [0.25, 0.3) is 0 Å². The van der Waals surface area contributed by atoms with Gasteiger partial charge in [0, 0.05) is 24.5 Å². The maximum absolute atomic E-state index is 12.1. The van der Waals surface area contributed by atoms with Gasteiger partial charge >= 0.3 is 0 Å². The third-order valence-electron chi connectivity index (χ3n) is 3.60. The molecule has 1 aliphatic heterocycles. The normalized spacial score (nSPS) is 19.1. The summed E-state index contributed by atoms with van der Waals surface area (Å²) < 4.78 is 0. The zero-order valence-electron chi connectivity index (χ0n) is 11.2. The van der Waals surface area contributed by atoms with E-state index in [0.29, 0.717) is 5.69 Å². The molecule has 0 bridgehead atoms. The van der Waals surface area contributed by atoms with Crippen LogP contribution in [0.5, 0.6) is 0 Å². The van der Waals surface area contributed by atoms with Crippen LogP contribution in [-0.2, 0) is 4.79 Å². The van der Waals surface area contributed by atoms with Gasteiger partial charge in [-0.2, -0.15) is 0 Å². The Bertz CT molecular complexity index is 425. The van der Waals surface area contributed by atoms with Gasteiger partial charge in [-0.1, -0.05) is 0 Å². The van der Waals surface area contributed by atoms with Crippen LogP contribution in [0.15, 0.2) is 24.3 Å². The van der Waals surface area contributed by atoms with E-state index in [4.69, 9.17) is 5.73 Å². The molecule has 2 rings (SSSR count). The number of likely N-dealkylation sites (tertiary alicyclic amines) is 1. The van der Waals surface area contributed by atoms with Crippen LogP contribution in [0.3, 0.4) is 0 Å². The Morgan fingerprint density at radius 1 is 1.37 bits per heavy atom. The van der Waals surface area contributed by atoms with E-state index in [1.807, 2.05) is 6.92 Å². The van der Waals surface area contributed by atoms with E-state index in [1.165, 1.54) is 0 Å². The third-order valence-corrected chi connectivity index (χ3v) is 3.60. The summed E-state index contributed by atoms with van der Waals surface area (Å²) in [6.07, 6.45) is 1.25. The third kappa shape index (κ3) is 3.68. The molecular weight excluding hydrogens is 242 g/mol. The van der Waals surface area contributed by atoms with Crippen molar-refractivity contribution in [2.75, 3.05) is 24.1 Å². The minimum absolute atomic E-state index is 0.0267. The average Bonchev–Trinajstić information content (AvgIpc) is 2.41. The fourth-order valence-electron chi connectivity index (χ4n) is 2.25. The molecular formula is C14H21N3O2. The summed E-state index contributed by atoms with van der Waals surface area (Å²) in [4.78, 5) is 14.2. The minimum atomic E-state index is -0.219. The number of nitrogens with zero attached hydrogens (tertiary/aromatic N) is 1. The number of amides is 1. The smallest absolute Gasteiger partial charge is 0.241 e. The molecule has 1 atom stereocenters. The van der Waals surface area contributed by atoms with E-state index in [1.54, 1.807) is 24.3 Å². The Balaban J connectivity index is 1.90. The molecule has 1 fully saturated rings. The van der Waals surface area contributed by atoms with Crippen LogP contribution in [0.4, 0.5) is 11.4 Å². The summed E-state index contributed by atoms with van der Waals surface area (Å²) in [6, 6.07) is 6.92. The highest BCUT2D eigenvalue weighted by molar-refractivity contribution is 5.94. The van der Waals surface area contributed by atoms with Crippen molar-refractivity contribution in [1.29, 1.82) is 0 Å². The number of aliphatic hydroxyl groups is 1. The number of hydrogen-bond donors (Lipinski definition) is 3. The van der Waals surface area contributed by atoms with Crippen LogP contribution < -0.4 is 11.1 Å². The van der Waals surface area contributed by atoms with E-state index in [2.05, 4.69) is 10.2 Å². The molecule has 5 nitrogen and oxygen atoms in total. The lowest BCUT2D eigenvalue weighted by Crippen LogP contribution is -2.47. The Morgan fingerprint density at radius 2 is 1.95 bits per heavy atom. The molecule has 4 N–H and O–H groups in total. The van der Waals surface area contributed by atoms with Gasteiger partial charge in [-0.15, -0.1) is 0 Å². The predicted octanol–water partition coefficient (Wildman–Crippen LogP) is 1.05. The number of benzene rings is 1. The highest BCUT2D eigenvalue weighted by Crippen LogP contribution is 2.15. The summed E-state index contributed by atoms with van der Waals surface area (Å²) in [7, 11) is 0. The lowest BCUT2D eigenvalue weighted by atomic mass is 10.1. The van der Waals surface area contributed by atoms with Gasteiger partial charge in [-0.25, -0.2) is 0 Å². The van der Waals surface area contributed by atoms with E-state index in [0.717, 1.165) is 31.6 Å². The van der Waals surface area contributed by atoms with Crippen molar-refractivity contribution < 1.29 is 9.90 Å². The summed E-state index contributed by atoms with van der Waals surface area (Å²) in [5, 5.41) is 12.3. The van der Waals surface area contributed by atoms with Gasteiger partial charge in [-0.3, -0.25) is 9.69 Å². The highest BCUT2D eigenvalue weighted by atomic mass is 16.3. The molecule has 104 valence electrons. The van der Waals surface area contributed by atoms with Crippen LogP contribution in [0, 0.1) is 0 Å². The maximum atomic E-state index is 12.1. The number of hydrogen-bond acceptors (Lipinski definition) is 4. The highest BCUT2D eigenvalue weighted by Gasteiger charge is 2.25. The molecule has 1 amide bonds. The second-order valence-electron chi connectivity index (χ2n) is 5.05. The first-order valence-corrected chi connectivity index (χ1v) is 6.65. The van der Waals surface area contributed by atoms with Crippen molar-refractivity contribution in [3.05, 3.63) is 24.3 Å². The van der Waals surface area contributed by atoms with E-state index >= 15 is 0 Å². The summed E-state index contributed by atoms with van der Waals surface area (Å²) in [5.74, 6) is -0.0267. The lowest BCUT2D eigenvalue weighted by Gasteiger charge is -2.33. The standard InChI is InChI=1S/C14H21N3O2/c1-10(17-8-6-13(18)7-9-17)14(19)16-12-4-2-11(15)3-5-12/h2-5,10,13,18H,6-9,15H2,1H3,(H,16,19). The molecule has 0 radical (unpaired) electrons. The number of anilines is 2. The number of nitrogens with two attached hydrogens (primary N) is 1.